The van der Waals surface area contributed by atoms with Crippen molar-refractivity contribution in [1.82, 2.24) is 10.4 Å². The maximum atomic E-state index is 12.2. The van der Waals surface area contributed by atoms with Crippen LogP contribution in [-0.4, -0.2) is 17.1 Å². The quantitative estimate of drug-likeness (QED) is 0.675. The molecule has 0 atom stereocenters. The first-order valence-electron chi connectivity index (χ1n) is 6.72. The minimum absolute atomic E-state index is 0.232. The van der Waals surface area contributed by atoms with Gasteiger partial charge in [-0.25, -0.2) is 5.43 Å². The molecule has 0 saturated carbocycles. The molecular weight excluding hydrogens is 296 g/mol. The second-order valence-electron chi connectivity index (χ2n) is 4.66. The Hall–Kier alpha value is -2.60. The van der Waals surface area contributed by atoms with E-state index in [2.05, 4.69) is 20.8 Å². The first-order chi connectivity index (χ1) is 10.7. The Morgan fingerprint density at radius 1 is 1.32 bits per heavy atom. The van der Waals surface area contributed by atoms with Crippen molar-refractivity contribution in [3.8, 4) is 0 Å². The molecule has 2 heterocycles. The van der Waals surface area contributed by atoms with E-state index in [4.69, 9.17) is 0 Å². The molecule has 0 radical (unpaired) electrons. The molecule has 6 heteroatoms. The highest BCUT2D eigenvalue weighted by atomic mass is 32.2. The van der Waals surface area contributed by atoms with E-state index in [1.165, 1.54) is 11.8 Å². The minimum atomic E-state index is -0.232. The Bertz CT molecular complexity index is 756. The van der Waals surface area contributed by atoms with E-state index < -0.39 is 0 Å². The number of thioether (sulfide) groups is 1. The van der Waals surface area contributed by atoms with Crippen molar-refractivity contribution in [2.24, 2.45) is 5.10 Å². The highest BCUT2D eigenvalue weighted by molar-refractivity contribution is 8.04. The Morgan fingerprint density at radius 2 is 2.18 bits per heavy atom. The number of allylic oxidation sites excluding steroid dienone is 1. The summed E-state index contributed by atoms with van der Waals surface area (Å²) >= 11 is 1.44. The summed E-state index contributed by atoms with van der Waals surface area (Å²) in [6, 6.07) is 11.5. The van der Waals surface area contributed by atoms with Gasteiger partial charge in [0.1, 0.15) is 0 Å². The number of pyridine rings is 1. The molecule has 0 spiro atoms. The lowest BCUT2D eigenvalue weighted by molar-refractivity contribution is -0.116. The van der Waals surface area contributed by atoms with Gasteiger partial charge in [0.15, 0.2) is 0 Å². The summed E-state index contributed by atoms with van der Waals surface area (Å²) in [6.07, 6.45) is 4.93. The van der Waals surface area contributed by atoms with Crippen molar-refractivity contribution in [2.45, 2.75) is 11.8 Å². The summed E-state index contributed by atoms with van der Waals surface area (Å²) in [5.41, 5.74) is 5.20. The van der Waals surface area contributed by atoms with E-state index in [0.29, 0.717) is 4.91 Å². The van der Waals surface area contributed by atoms with Crippen molar-refractivity contribution in [3.63, 3.8) is 0 Å². The number of para-hydroxylation sites is 1. The SMILES string of the molecule is CC1=C(C(=O)N/N=C/c2cccnc2)Sc2ccccc2N1. The Balaban J connectivity index is 1.69. The van der Waals surface area contributed by atoms with Gasteiger partial charge >= 0.3 is 0 Å². The number of aromatic nitrogens is 1. The highest BCUT2D eigenvalue weighted by Gasteiger charge is 2.20. The number of hydrazone groups is 1. The van der Waals surface area contributed by atoms with Gasteiger partial charge in [-0.3, -0.25) is 9.78 Å². The molecule has 1 amide bonds. The number of hydrogen-bond acceptors (Lipinski definition) is 5. The summed E-state index contributed by atoms with van der Waals surface area (Å²) < 4.78 is 0. The van der Waals surface area contributed by atoms with Crippen molar-refractivity contribution in [3.05, 3.63) is 65.0 Å². The molecule has 0 unspecified atom stereocenters. The molecule has 0 bridgehead atoms. The molecule has 1 aliphatic heterocycles. The average Bonchev–Trinajstić information content (AvgIpc) is 2.55. The first-order valence-corrected chi connectivity index (χ1v) is 7.54. The summed E-state index contributed by atoms with van der Waals surface area (Å²) in [4.78, 5) is 17.9. The third-order valence-corrected chi connectivity index (χ3v) is 4.30. The van der Waals surface area contributed by atoms with Gasteiger partial charge in [0.05, 0.1) is 16.8 Å². The van der Waals surface area contributed by atoms with Crippen molar-refractivity contribution in [2.75, 3.05) is 5.32 Å². The molecule has 1 aromatic carbocycles. The van der Waals surface area contributed by atoms with Crippen LogP contribution in [0.5, 0.6) is 0 Å². The molecule has 110 valence electrons. The van der Waals surface area contributed by atoms with Gasteiger partial charge in [-0.15, -0.1) is 0 Å². The molecule has 1 aromatic heterocycles. The number of benzene rings is 1. The first kappa shape index (κ1) is 14.3. The Labute approximate surface area is 132 Å². The molecular formula is C16H14N4OS. The normalized spacial score (nSPS) is 13.7. The van der Waals surface area contributed by atoms with E-state index >= 15 is 0 Å². The lowest BCUT2D eigenvalue weighted by Crippen LogP contribution is -2.22. The van der Waals surface area contributed by atoms with E-state index in [1.807, 2.05) is 43.3 Å². The molecule has 0 saturated heterocycles. The smallest absolute Gasteiger partial charge is 0.279 e. The van der Waals surface area contributed by atoms with E-state index in [9.17, 15) is 4.79 Å². The summed E-state index contributed by atoms with van der Waals surface area (Å²) in [7, 11) is 0. The van der Waals surface area contributed by atoms with Crippen LogP contribution in [0.3, 0.4) is 0 Å². The highest BCUT2D eigenvalue weighted by Crippen LogP contribution is 2.39. The van der Waals surface area contributed by atoms with Crippen LogP contribution in [0.1, 0.15) is 12.5 Å². The number of amides is 1. The summed E-state index contributed by atoms with van der Waals surface area (Å²) in [5.74, 6) is -0.232. The van der Waals surface area contributed by atoms with E-state index in [0.717, 1.165) is 21.8 Å². The molecule has 2 N–H and O–H groups in total. The van der Waals surface area contributed by atoms with Crippen LogP contribution in [0, 0.1) is 0 Å². The number of fused-ring (bicyclic) bond motifs is 1. The molecule has 0 aliphatic carbocycles. The van der Waals surface area contributed by atoms with Crippen molar-refractivity contribution >= 4 is 29.6 Å². The van der Waals surface area contributed by atoms with Crippen molar-refractivity contribution in [1.29, 1.82) is 0 Å². The van der Waals surface area contributed by atoms with Gasteiger partial charge in [0, 0.05) is 28.5 Å². The largest absolute Gasteiger partial charge is 0.357 e. The predicted molar refractivity (Wildman–Crippen MR) is 88.6 cm³/mol. The van der Waals surface area contributed by atoms with Gasteiger partial charge in [-0.1, -0.05) is 30.0 Å². The van der Waals surface area contributed by atoms with Gasteiger partial charge in [0.25, 0.3) is 5.91 Å². The lowest BCUT2D eigenvalue weighted by Gasteiger charge is -2.20. The maximum Gasteiger partial charge on any atom is 0.279 e. The lowest BCUT2D eigenvalue weighted by atomic mass is 10.3. The summed E-state index contributed by atoms with van der Waals surface area (Å²) in [5, 5.41) is 7.20. The van der Waals surface area contributed by atoms with E-state index in [1.54, 1.807) is 18.6 Å². The Morgan fingerprint density at radius 3 is 3.00 bits per heavy atom. The predicted octanol–water partition coefficient (Wildman–Crippen LogP) is 2.98. The van der Waals surface area contributed by atoms with Gasteiger partial charge in [-0.05, 0) is 25.1 Å². The fraction of sp³-hybridized carbons (Fsp3) is 0.0625. The Kier molecular flexibility index (Phi) is 4.20. The van der Waals surface area contributed by atoms with Crippen LogP contribution in [0.2, 0.25) is 0 Å². The molecule has 0 fully saturated rings. The van der Waals surface area contributed by atoms with Crippen LogP contribution < -0.4 is 10.7 Å². The van der Waals surface area contributed by atoms with Gasteiger partial charge in [-0.2, -0.15) is 5.10 Å². The fourth-order valence-electron chi connectivity index (χ4n) is 1.99. The van der Waals surface area contributed by atoms with Crippen LogP contribution in [0.4, 0.5) is 5.69 Å². The number of hydrogen-bond donors (Lipinski definition) is 2. The zero-order chi connectivity index (χ0) is 15.4. The fourth-order valence-corrected chi connectivity index (χ4v) is 2.93. The van der Waals surface area contributed by atoms with Gasteiger partial charge < -0.3 is 5.32 Å². The molecule has 22 heavy (non-hydrogen) atoms. The van der Waals surface area contributed by atoms with Crippen LogP contribution in [0.25, 0.3) is 0 Å². The molecule has 3 rings (SSSR count). The summed E-state index contributed by atoms with van der Waals surface area (Å²) in [6.45, 7) is 1.88. The zero-order valence-electron chi connectivity index (χ0n) is 11.9. The molecule has 1 aliphatic rings. The molecule has 2 aromatic rings. The van der Waals surface area contributed by atoms with E-state index in [-0.39, 0.29) is 5.91 Å². The monoisotopic (exact) mass is 310 g/mol. The standard InChI is InChI=1S/C16H14N4OS/c1-11-15(22-14-7-3-2-6-13(14)19-11)16(21)20-18-10-12-5-4-8-17-9-12/h2-10,19H,1H3,(H,20,21)/b18-10+. The minimum Gasteiger partial charge on any atom is -0.357 e. The number of nitrogens with one attached hydrogen (secondary N) is 2. The maximum absolute atomic E-state index is 12.2. The molecule has 5 nitrogen and oxygen atoms in total. The van der Waals surface area contributed by atoms with Crippen LogP contribution >= 0.6 is 11.8 Å². The number of carbonyl (C=O) groups is 1. The topological polar surface area (TPSA) is 66.4 Å². The zero-order valence-corrected chi connectivity index (χ0v) is 12.7. The van der Waals surface area contributed by atoms with Crippen LogP contribution in [-0.2, 0) is 4.79 Å². The number of carbonyl (C=O) groups excluding carboxylic acids is 1. The second kappa shape index (κ2) is 6.44. The van der Waals surface area contributed by atoms with Gasteiger partial charge in [0.2, 0.25) is 0 Å². The number of rotatable bonds is 3. The van der Waals surface area contributed by atoms with Crippen molar-refractivity contribution < 1.29 is 4.79 Å². The third-order valence-electron chi connectivity index (χ3n) is 3.03. The average molecular weight is 310 g/mol. The second-order valence-corrected chi connectivity index (χ2v) is 5.72. The van der Waals surface area contributed by atoms with Crippen LogP contribution in [0.15, 0.2) is 69.4 Å². The third kappa shape index (κ3) is 3.17. The number of anilines is 1. The number of nitrogens with zero attached hydrogens (tertiary/aromatic N) is 2.